The lowest BCUT2D eigenvalue weighted by atomic mass is 9.99. The summed E-state index contributed by atoms with van der Waals surface area (Å²) in [4.78, 5) is 0. The van der Waals surface area contributed by atoms with E-state index < -0.39 is 6.67 Å². The third kappa shape index (κ3) is 1.56. The van der Waals surface area contributed by atoms with Crippen molar-refractivity contribution in [3.63, 3.8) is 0 Å². The summed E-state index contributed by atoms with van der Waals surface area (Å²) in [5.41, 5.74) is 1.69. The third-order valence-corrected chi connectivity index (χ3v) is 1.63. The summed E-state index contributed by atoms with van der Waals surface area (Å²) in [6.07, 6.45) is 7.93. The molecule has 0 saturated heterocycles. The van der Waals surface area contributed by atoms with Crippen molar-refractivity contribution in [2.24, 2.45) is 0 Å². The summed E-state index contributed by atoms with van der Waals surface area (Å²) in [5.74, 6) is 0. The van der Waals surface area contributed by atoms with Crippen LogP contribution in [0.3, 0.4) is 0 Å². The van der Waals surface area contributed by atoms with Crippen molar-refractivity contribution in [1.82, 2.24) is 0 Å². The van der Waals surface area contributed by atoms with Gasteiger partial charge in [0.2, 0.25) is 0 Å². The van der Waals surface area contributed by atoms with E-state index in [0.29, 0.717) is 5.57 Å². The summed E-state index contributed by atoms with van der Waals surface area (Å²) >= 11 is 0. The molecule has 0 aromatic heterocycles. The second kappa shape index (κ2) is 3.35. The molecule has 0 nitrogen and oxygen atoms in total. The van der Waals surface area contributed by atoms with E-state index in [1.54, 1.807) is 0 Å². The highest BCUT2D eigenvalue weighted by molar-refractivity contribution is 5.34. The topological polar surface area (TPSA) is 0 Å². The summed E-state index contributed by atoms with van der Waals surface area (Å²) in [5, 5.41) is 0. The fourth-order valence-electron chi connectivity index (χ4n) is 0.983. The van der Waals surface area contributed by atoms with Gasteiger partial charge in [-0.3, -0.25) is 0 Å². The Hall–Kier alpha value is -0.850. The molecule has 0 aliphatic heterocycles. The molecule has 0 unspecified atom stereocenters. The maximum Gasteiger partial charge on any atom is 0.114 e. The Morgan fingerprint density at radius 1 is 1.70 bits per heavy atom. The van der Waals surface area contributed by atoms with Gasteiger partial charge in [-0.05, 0) is 24.0 Å². The molecular weight excluding hydrogens is 127 g/mol. The van der Waals surface area contributed by atoms with Gasteiger partial charge in [-0.1, -0.05) is 24.8 Å². The summed E-state index contributed by atoms with van der Waals surface area (Å²) in [6, 6.07) is 0. The van der Waals surface area contributed by atoms with Crippen molar-refractivity contribution < 1.29 is 4.39 Å². The van der Waals surface area contributed by atoms with Gasteiger partial charge in [0, 0.05) is 0 Å². The zero-order valence-electron chi connectivity index (χ0n) is 5.94. The Kier molecular flexibility index (Phi) is 2.43. The molecule has 1 aliphatic rings. The molecule has 0 aromatic carbocycles. The van der Waals surface area contributed by atoms with Crippen LogP contribution in [0.15, 0.2) is 36.0 Å². The largest absolute Gasteiger partial charge is 0.246 e. The minimum atomic E-state index is -0.417. The highest BCUT2D eigenvalue weighted by Crippen LogP contribution is 2.18. The first-order chi connectivity index (χ1) is 4.84. The highest BCUT2D eigenvalue weighted by atomic mass is 19.1. The molecule has 0 heterocycles. The van der Waals surface area contributed by atoms with Crippen molar-refractivity contribution in [2.75, 3.05) is 6.67 Å². The second-order valence-electron chi connectivity index (χ2n) is 2.40. The molecule has 0 bridgehead atoms. The van der Waals surface area contributed by atoms with Gasteiger partial charge in [0.15, 0.2) is 0 Å². The second-order valence-corrected chi connectivity index (χ2v) is 2.40. The van der Waals surface area contributed by atoms with Crippen LogP contribution >= 0.6 is 0 Å². The minimum absolute atomic E-state index is 0.417. The van der Waals surface area contributed by atoms with Gasteiger partial charge in [0.1, 0.15) is 6.67 Å². The van der Waals surface area contributed by atoms with E-state index in [-0.39, 0.29) is 0 Å². The monoisotopic (exact) mass is 138 g/mol. The molecule has 1 aliphatic carbocycles. The summed E-state index contributed by atoms with van der Waals surface area (Å²) in [6.45, 7) is 3.20. The van der Waals surface area contributed by atoms with Crippen molar-refractivity contribution in [1.29, 1.82) is 0 Å². The summed E-state index contributed by atoms with van der Waals surface area (Å²) in [7, 11) is 0. The normalized spacial score (nSPS) is 16.7. The fraction of sp³-hybridized carbons (Fsp3) is 0.333. The van der Waals surface area contributed by atoms with Crippen LogP contribution in [-0.2, 0) is 0 Å². The zero-order valence-corrected chi connectivity index (χ0v) is 5.94. The van der Waals surface area contributed by atoms with Gasteiger partial charge in [-0.2, -0.15) is 0 Å². The molecule has 0 amide bonds. The molecule has 0 saturated carbocycles. The van der Waals surface area contributed by atoms with E-state index in [1.807, 2.05) is 12.2 Å². The Morgan fingerprint density at radius 2 is 2.50 bits per heavy atom. The molecule has 1 heteroatoms. The lowest BCUT2D eigenvalue weighted by Crippen LogP contribution is -1.92. The SMILES string of the molecule is C=C(CF)C1=CC=CCC1. The van der Waals surface area contributed by atoms with Gasteiger partial charge in [-0.25, -0.2) is 4.39 Å². The smallest absolute Gasteiger partial charge is 0.114 e. The van der Waals surface area contributed by atoms with E-state index in [9.17, 15) is 4.39 Å². The van der Waals surface area contributed by atoms with E-state index in [4.69, 9.17) is 0 Å². The Labute approximate surface area is 60.7 Å². The highest BCUT2D eigenvalue weighted by Gasteiger charge is 2.02. The first-order valence-electron chi connectivity index (χ1n) is 3.44. The Balaban J connectivity index is 2.62. The van der Waals surface area contributed by atoms with Crippen molar-refractivity contribution in [2.45, 2.75) is 12.8 Å². The molecule has 0 spiro atoms. The molecule has 0 radical (unpaired) electrons. The zero-order chi connectivity index (χ0) is 7.40. The first-order valence-corrected chi connectivity index (χ1v) is 3.44. The van der Waals surface area contributed by atoms with Crippen LogP contribution in [0.4, 0.5) is 4.39 Å². The van der Waals surface area contributed by atoms with Crippen molar-refractivity contribution in [3.8, 4) is 0 Å². The molecule has 1 rings (SSSR count). The van der Waals surface area contributed by atoms with Crippen LogP contribution in [0, 0.1) is 0 Å². The minimum Gasteiger partial charge on any atom is -0.246 e. The standard InChI is InChI=1S/C9H11F/c1-8(7-10)9-5-3-2-4-6-9/h2-3,5H,1,4,6-7H2. The lowest BCUT2D eigenvalue weighted by molar-refractivity contribution is 0.545. The number of rotatable bonds is 2. The van der Waals surface area contributed by atoms with Crippen LogP contribution in [0.25, 0.3) is 0 Å². The lowest BCUT2D eigenvalue weighted by Gasteiger charge is -2.07. The van der Waals surface area contributed by atoms with E-state index in [2.05, 4.69) is 12.7 Å². The van der Waals surface area contributed by atoms with Gasteiger partial charge in [0.05, 0.1) is 0 Å². The quantitative estimate of drug-likeness (QED) is 0.550. The van der Waals surface area contributed by atoms with Gasteiger partial charge in [-0.15, -0.1) is 0 Å². The maximum atomic E-state index is 12.0. The predicted molar refractivity (Wildman–Crippen MR) is 41.6 cm³/mol. The van der Waals surface area contributed by atoms with Crippen molar-refractivity contribution >= 4 is 0 Å². The van der Waals surface area contributed by atoms with Gasteiger partial charge in [0.25, 0.3) is 0 Å². The number of halogens is 1. The Bertz CT molecular complexity index is 187. The fourth-order valence-corrected chi connectivity index (χ4v) is 0.983. The molecule has 10 heavy (non-hydrogen) atoms. The number of allylic oxidation sites excluding steroid dienone is 5. The van der Waals surface area contributed by atoms with Crippen LogP contribution in [-0.4, -0.2) is 6.67 Å². The first kappa shape index (κ1) is 7.26. The molecule has 0 atom stereocenters. The maximum absolute atomic E-state index is 12.0. The van der Waals surface area contributed by atoms with Gasteiger partial charge >= 0.3 is 0 Å². The van der Waals surface area contributed by atoms with E-state index in [1.165, 1.54) is 0 Å². The van der Waals surface area contributed by atoms with Crippen LogP contribution in [0.1, 0.15) is 12.8 Å². The Morgan fingerprint density at radius 3 is 3.00 bits per heavy atom. The number of alkyl halides is 1. The van der Waals surface area contributed by atoms with E-state index >= 15 is 0 Å². The van der Waals surface area contributed by atoms with E-state index in [0.717, 1.165) is 18.4 Å². The molecule has 0 fully saturated rings. The van der Waals surface area contributed by atoms with Crippen LogP contribution in [0.2, 0.25) is 0 Å². The van der Waals surface area contributed by atoms with Crippen LogP contribution < -0.4 is 0 Å². The molecule has 54 valence electrons. The average molecular weight is 138 g/mol. The third-order valence-electron chi connectivity index (χ3n) is 1.63. The number of hydrogen-bond donors (Lipinski definition) is 0. The molecule has 0 aromatic rings. The van der Waals surface area contributed by atoms with Gasteiger partial charge < -0.3 is 0 Å². The van der Waals surface area contributed by atoms with Crippen molar-refractivity contribution in [3.05, 3.63) is 36.0 Å². The molecular formula is C9H11F. The number of hydrogen-bond acceptors (Lipinski definition) is 0. The predicted octanol–water partition coefficient (Wildman–Crippen LogP) is 2.79. The summed E-state index contributed by atoms with van der Waals surface area (Å²) < 4.78 is 12.0. The molecule has 0 N–H and O–H groups in total. The average Bonchev–Trinajstić information content (AvgIpc) is 2.05. The van der Waals surface area contributed by atoms with Crippen LogP contribution in [0.5, 0.6) is 0 Å².